The Bertz CT molecular complexity index is 420. The van der Waals surface area contributed by atoms with Gasteiger partial charge >= 0.3 is 0 Å². The van der Waals surface area contributed by atoms with Crippen molar-refractivity contribution < 1.29 is 0 Å². The molecule has 2 nitrogen and oxygen atoms in total. The molecule has 0 aliphatic rings. The molecule has 1 aromatic heterocycles. The van der Waals surface area contributed by atoms with E-state index in [2.05, 4.69) is 35.3 Å². The van der Waals surface area contributed by atoms with Crippen molar-refractivity contribution in [2.75, 3.05) is 0 Å². The van der Waals surface area contributed by atoms with Gasteiger partial charge in [-0.3, -0.25) is 4.98 Å². The molecule has 0 saturated heterocycles. The first-order valence-corrected chi connectivity index (χ1v) is 5.56. The standard InChI is InChI=1S/C14H16N2/c15-10-13-7-9-14(16-11-13)8-6-12-4-2-1-3-5-12/h1-5,7,9,11H,6,8,10,15H2. The van der Waals surface area contributed by atoms with Crippen LogP contribution in [0.4, 0.5) is 0 Å². The summed E-state index contributed by atoms with van der Waals surface area (Å²) in [6.45, 7) is 0.561. The van der Waals surface area contributed by atoms with Crippen LogP contribution < -0.4 is 5.73 Å². The highest BCUT2D eigenvalue weighted by Gasteiger charge is 1.97. The Labute approximate surface area is 96.1 Å². The van der Waals surface area contributed by atoms with Crippen LogP contribution in [0, 0.1) is 0 Å². The smallest absolute Gasteiger partial charge is 0.0407 e. The van der Waals surface area contributed by atoms with Crippen LogP contribution in [-0.4, -0.2) is 4.98 Å². The molecule has 0 saturated carbocycles. The molecule has 2 N–H and O–H groups in total. The van der Waals surface area contributed by atoms with Crippen LogP contribution in [-0.2, 0) is 19.4 Å². The number of benzene rings is 1. The lowest BCUT2D eigenvalue weighted by atomic mass is 10.1. The number of pyridine rings is 1. The molecule has 0 bridgehead atoms. The first-order chi connectivity index (χ1) is 7.88. The molecule has 0 spiro atoms. The molecular weight excluding hydrogens is 196 g/mol. The minimum absolute atomic E-state index is 0.561. The maximum atomic E-state index is 5.52. The lowest BCUT2D eigenvalue weighted by Crippen LogP contribution is -1.99. The number of aromatic nitrogens is 1. The molecule has 16 heavy (non-hydrogen) atoms. The van der Waals surface area contributed by atoms with Crippen molar-refractivity contribution >= 4 is 0 Å². The monoisotopic (exact) mass is 212 g/mol. The van der Waals surface area contributed by atoms with Crippen LogP contribution in [0.2, 0.25) is 0 Å². The van der Waals surface area contributed by atoms with Gasteiger partial charge in [0.1, 0.15) is 0 Å². The zero-order valence-electron chi connectivity index (χ0n) is 9.26. The maximum Gasteiger partial charge on any atom is 0.0407 e. The van der Waals surface area contributed by atoms with Crippen LogP contribution in [0.25, 0.3) is 0 Å². The highest BCUT2D eigenvalue weighted by molar-refractivity contribution is 5.18. The molecule has 0 radical (unpaired) electrons. The summed E-state index contributed by atoms with van der Waals surface area (Å²) in [7, 11) is 0. The third kappa shape index (κ3) is 2.91. The molecule has 0 aliphatic carbocycles. The van der Waals surface area contributed by atoms with E-state index in [0.717, 1.165) is 24.1 Å². The van der Waals surface area contributed by atoms with Gasteiger partial charge in [-0.05, 0) is 30.0 Å². The average Bonchev–Trinajstić information content (AvgIpc) is 2.38. The molecule has 82 valence electrons. The van der Waals surface area contributed by atoms with E-state index < -0.39 is 0 Å². The molecule has 2 aromatic rings. The molecule has 0 fully saturated rings. The van der Waals surface area contributed by atoms with Gasteiger partial charge < -0.3 is 5.73 Å². The molecule has 2 rings (SSSR count). The second kappa shape index (κ2) is 5.42. The predicted molar refractivity (Wildman–Crippen MR) is 66.0 cm³/mol. The van der Waals surface area contributed by atoms with Crippen molar-refractivity contribution in [2.45, 2.75) is 19.4 Å². The van der Waals surface area contributed by atoms with E-state index in [1.807, 2.05) is 18.3 Å². The van der Waals surface area contributed by atoms with Crippen molar-refractivity contribution in [1.29, 1.82) is 0 Å². The molecular formula is C14H16N2. The van der Waals surface area contributed by atoms with Crippen LogP contribution in [0.1, 0.15) is 16.8 Å². The second-order valence-corrected chi connectivity index (χ2v) is 3.85. The number of nitrogens with two attached hydrogens (primary N) is 1. The van der Waals surface area contributed by atoms with Crippen molar-refractivity contribution in [2.24, 2.45) is 5.73 Å². The summed E-state index contributed by atoms with van der Waals surface area (Å²) in [4.78, 5) is 4.38. The SMILES string of the molecule is NCc1ccc(CCc2ccccc2)nc1. The lowest BCUT2D eigenvalue weighted by Gasteiger charge is -2.02. The molecule has 1 aromatic carbocycles. The van der Waals surface area contributed by atoms with Crippen LogP contribution in [0.15, 0.2) is 48.7 Å². The average molecular weight is 212 g/mol. The topological polar surface area (TPSA) is 38.9 Å². The minimum atomic E-state index is 0.561. The molecule has 2 heteroatoms. The Morgan fingerprint density at radius 3 is 2.31 bits per heavy atom. The summed E-state index contributed by atoms with van der Waals surface area (Å²) in [5, 5.41) is 0. The van der Waals surface area contributed by atoms with Gasteiger partial charge in [-0.15, -0.1) is 0 Å². The highest BCUT2D eigenvalue weighted by atomic mass is 14.7. The third-order valence-corrected chi connectivity index (χ3v) is 2.63. The Hall–Kier alpha value is -1.67. The quantitative estimate of drug-likeness (QED) is 0.844. The zero-order valence-corrected chi connectivity index (χ0v) is 9.26. The summed E-state index contributed by atoms with van der Waals surface area (Å²) in [6, 6.07) is 14.6. The van der Waals surface area contributed by atoms with Crippen molar-refractivity contribution in [3.05, 3.63) is 65.5 Å². The van der Waals surface area contributed by atoms with E-state index in [1.54, 1.807) is 0 Å². The van der Waals surface area contributed by atoms with Crippen LogP contribution in [0.5, 0.6) is 0 Å². The lowest BCUT2D eigenvalue weighted by molar-refractivity contribution is 0.904. The van der Waals surface area contributed by atoms with E-state index in [0.29, 0.717) is 6.54 Å². The molecule has 0 amide bonds. The van der Waals surface area contributed by atoms with Crippen LogP contribution in [0.3, 0.4) is 0 Å². The molecule has 1 heterocycles. The zero-order chi connectivity index (χ0) is 11.2. The van der Waals surface area contributed by atoms with E-state index in [1.165, 1.54) is 5.56 Å². The maximum absolute atomic E-state index is 5.52. The third-order valence-electron chi connectivity index (χ3n) is 2.63. The van der Waals surface area contributed by atoms with E-state index >= 15 is 0 Å². The number of aryl methyl sites for hydroxylation is 2. The number of hydrogen-bond acceptors (Lipinski definition) is 2. The molecule has 0 unspecified atom stereocenters. The van der Waals surface area contributed by atoms with Crippen molar-refractivity contribution in [1.82, 2.24) is 4.98 Å². The van der Waals surface area contributed by atoms with Crippen molar-refractivity contribution in [3.63, 3.8) is 0 Å². The second-order valence-electron chi connectivity index (χ2n) is 3.85. The summed E-state index contributed by atoms with van der Waals surface area (Å²) in [6.07, 6.45) is 3.88. The van der Waals surface area contributed by atoms with Crippen molar-refractivity contribution in [3.8, 4) is 0 Å². The normalized spacial score (nSPS) is 10.3. The van der Waals surface area contributed by atoms with Crippen LogP contribution >= 0.6 is 0 Å². The first kappa shape index (κ1) is 10.8. The predicted octanol–water partition coefficient (Wildman–Crippen LogP) is 2.33. The van der Waals surface area contributed by atoms with Gasteiger partial charge in [0.2, 0.25) is 0 Å². The van der Waals surface area contributed by atoms with E-state index in [9.17, 15) is 0 Å². The highest BCUT2D eigenvalue weighted by Crippen LogP contribution is 2.06. The fourth-order valence-corrected chi connectivity index (χ4v) is 1.64. The van der Waals surface area contributed by atoms with Gasteiger partial charge in [-0.2, -0.15) is 0 Å². The largest absolute Gasteiger partial charge is 0.326 e. The van der Waals surface area contributed by atoms with E-state index in [-0.39, 0.29) is 0 Å². The Morgan fingerprint density at radius 1 is 0.875 bits per heavy atom. The summed E-state index contributed by atoms with van der Waals surface area (Å²) in [5.74, 6) is 0. The van der Waals surface area contributed by atoms with Gasteiger partial charge in [0.25, 0.3) is 0 Å². The van der Waals surface area contributed by atoms with Gasteiger partial charge in [0, 0.05) is 18.4 Å². The summed E-state index contributed by atoms with van der Waals surface area (Å²) < 4.78 is 0. The fraction of sp³-hybridized carbons (Fsp3) is 0.214. The van der Waals surface area contributed by atoms with Gasteiger partial charge in [0.15, 0.2) is 0 Å². The minimum Gasteiger partial charge on any atom is -0.326 e. The Balaban J connectivity index is 1.94. The van der Waals surface area contributed by atoms with E-state index in [4.69, 9.17) is 5.73 Å². The number of nitrogens with zero attached hydrogens (tertiary/aromatic N) is 1. The number of hydrogen-bond donors (Lipinski definition) is 1. The number of rotatable bonds is 4. The Kier molecular flexibility index (Phi) is 3.67. The van der Waals surface area contributed by atoms with Gasteiger partial charge in [0.05, 0.1) is 0 Å². The summed E-state index contributed by atoms with van der Waals surface area (Å²) in [5.41, 5.74) is 9.09. The van der Waals surface area contributed by atoms with Gasteiger partial charge in [-0.1, -0.05) is 36.4 Å². The summed E-state index contributed by atoms with van der Waals surface area (Å²) >= 11 is 0. The fourth-order valence-electron chi connectivity index (χ4n) is 1.64. The molecule has 0 atom stereocenters. The molecule has 0 aliphatic heterocycles. The Morgan fingerprint density at radius 2 is 1.69 bits per heavy atom. The first-order valence-electron chi connectivity index (χ1n) is 5.56. The van der Waals surface area contributed by atoms with Gasteiger partial charge in [-0.25, -0.2) is 0 Å².